The average Bonchev–Trinajstić information content (AvgIpc) is 3.53. The molecule has 0 N–H and O–H groups in total. The van der Waals surface area contributed by atoms with Gasteiger partial charge in [-0.3, -0.25) is 0 Å². The first-order valence-corrected chi connectivity index (χ1v) is 22.9. The molecular formula is C63H43N6OPt-3. The van der Waals surface area contributed by atoms with Crippen LogP contribution >= 0.6 is 0 Å². The monoisotopic (exact) mass is 1100 g/mol. The van der Waals surface area contributed by atoms with Gasteiger partial charge < -0.3 is 28.2 Å². The number of anilines is 4. The van der Waals surface area contributed by atoms with Crippen molar-refractivity contribution in [3.05, 3.63) is 225 Å². The number of ether oxygens (including phenoxy) is 1. The Morgan fingerprint density at radius 2 is 1.20 bits per heavy atom. The molecule has 0 saturated carbocycles. The molecule has 0 fully saturated rings. The standard InChI is InChI=1S/C63H43N6O.Pt/c1-40-35-57(64-38-50(40)41-19-6-4-7-20-41)69-53-30-15-10-25-46(53)47-34-33-45(37-56(47)69)70-44-24-18-23-43(36-44)67-39-68(55-32-17-16-31-54(55)67)63-61-59(48-26-11-13-28-51(48)65(61)2)58(42-21-8-5-9-22-42)60-49-27-12-14-29-52(49)66(3)62(60)63;/h4-35,38-39H,1-3H3;/q-3;/i2D3,3D3,10D,15D,25D,30D;. The van der Waals surface area contributed by atoms with Gasteiger partial charge >= 0.3 is 0 Å². The maximum Gasteiger partial charge on any atom is 0.135 e. The summed E-state index contributed by atoms with van der Waals surface area (Å²) in [5.41, 5.74) is 8.82. The van der Waals surface area contributed by atoms with E-state index in [2.05, 4.69) is 12.1 Å². The van der Waals surface area contributed by atoms with Gasteiger partial charge in [-0.1, -0.05) is 133 Å². The summed E-state index contributed by atoms with van der Waals surface area (Å²) < 4.78 is 102. The normalized spacial score (nSPS) is 14.9. The predicted molar refractivity (Wildman–Crippen MR) is 288 cm³/mol. The second-order valence-electron chi connectivity index (χ2n) is 17.5. The van der Waals surface area contributed by atoms with Crippen LogP contribution < -0.4 is 14.5 Å². The van der Waals surface area contributed by atoms with E-state index in [1.807, 2.05) is 163 Å². The third kappa shape index (κ3) is 6.50. The second kappa shape index (κ2) is 16.6. The number of benzene rings is 9. The second-order valence-corrected chi connectivity index (χ2v) is 17.5. The van der Waals surface area contributed by atoms with E-state index in [0.717, 1.165) is 22.3 Å². The molecule has 8 heteroatoms. The van der Waals surface area contributed by atoms with E-state index in [1.54, 1.807) is 41.1 Å². The largest absolute Gasteiger partial charge is 0.509 e. The third-order valence-electron chi connectivity index (χ3n) is 13.6. The van der Waals surface area contributed by atoms with E-state index < -0.39 is 14.0 Å². The number of aromatic nitrogens is 4. The third-order valence-corrected chi connectivity index (χ3v) is 13.6. The Morgan fingerprint density at radius 3 is 1.89 bits per heavy atom. The van der Waals surface area contributed by atoms with Crippen LogP contribution in [-0.4, -0.2) is 18.7 Å². The summed E-state index contributed by atoms with van der Waals surface area (Å²) >= 11 is 0. The molecule has 0 unspecified atom stereocenters. The van der Waals surface area contributed by atoms with Gasteiger partial charge in [-0.05, 0) is 65.4 Å². The number of rotatable bonds is 7. The van der Waals surface area contributed by atoms with Crippen LogP contribution in [0.1, 0.15) is 19.3 Å². The summed E-state index contributed by atoms with van der Waals surface area (Å²) in [6.07, 6.45) is 1.77. The molecule has 344 valence electrons. The number of hydrogen-bond donors (Lipinski definition) is 0. The molecule has 0 aliphatic carbocycles. The van der Waals surface area contributed by atoms with Gasteiger partial charge in [0, 0.05) is 122 Å². The van der Waals surface area contributed by atoms with Crippen molar-refractivity contribution < 1.29 is 39.5 Å². The molecule has 5 heterocycles. The Balaban J connectivity index is 0.00000618. The number of aryl methyl sites for hydroxylation is 3. The molecule has 7 nitrogen and oxygen atoms in total. The van der Waals surface area contributed by atoms with Gasteiger partial charge in [0.25, 0.3) is 0 Å². The summed E-state index contributed by atoms with van der Waals surface area (Å²) in [7, 11) is 0. The van der Waals surface area contributed by atoms with E-state index in [-0.39, 0.29) is 56.5 Å². The van der Waals surface area contributed by atoms with Gasteiger partial charge in [0.05, 0.1) is 22.2 Å². The number of hydrogen-bond acceptors (Lipinski definition) is 4. The Kier molecular flexibility index (Phi) is 7.79. The minimum absolute atomic E-state index is 0. The summed E-state index contributed by atoms with van der Waals surface area (Å²) in [4.78, 5) is 8.68. The van der Waals surface area contributed by atoms with Crippen molar-refractivity contribution in [3.8, 4) is 39.6 Å². The van der Waals surface area contributed by atoms with Crippen molar-refractivity contribution >= 4 is 88.2 Å². The minimum atomic E-state index is -2.73. The molecular weight excluding hydrogens is 1050 g/mol. The maximum absolute atomic E-state index is 9.21. The van der Waals surface area contributed by atoms with Crippen molar-refractivity contribution in [2.24, 2.45) is 14.0 Å². The Morgan fingerprint density at radius 1 is 0.577 bits per heavy atom. The topological polar surface area (TPSA) is 43.4 Å². The van der Waals surface area contributed by atoms with Crippen LogP contribution in [0.2, 0.25) is 0 Å². The van der Waals surface area contributed by atoms with Crippen molar-refractivity contribution in [2.45, 2.75) is 6.92 Å². The van der Waals surface area contributed by atoms with Crippen LogP contribution in [0.5, 0.6) is 11.5 Å². The molecule has 0 saturated heterocycles. The molecule has 0 bridgehead atoms. The SMILES string of the molecule is [2H]c1c([2H])c([2H])c2c(c1[2H])c1ccc(Oc3[c-]c(N4[CH-]N(c5c6c(c(-c7ccccc7)c7c8ccccc8n(C([2H])([2H])[2H])c57)c5ccccc5n6C([2H])([2H])[2H])c5ccccc54)ccc3)[c-]c1n2-c1cc(C)c(-c2ccccc2)cn1.[Pt]. The van der Waals surface area contributed by atoms with Crippen LogP contribution in [0.15, 0.2) is 200 Å². The summed E-state index contributed by atoms with van der Waals surface area (Å²) in [5.74, 6) is 1.01. The first-order valence-electron chi connectivity index (χ1n) is 27.9. The van der Waals surface area contributed by atoms with Crippen molar-refractivity contribution in [2.75, 3.05) is 9.80 Å². The van der Waals surface area contributed by atoms with Crippen LogP contribution in [0.4, 0.5) is 22.7 Å². The molecule has 1 aliphatic rings. The fourth-order valence-electron chi connectivity index (χ4n) is 10.5. The molecule has 4 aromatic heterocycles. The molecule has 13 aromatic rings. The van der Waals surface area contributed by atoms with Gasteiger partial charge in [-0.2, -0.15) is 12.1 Å². The molecule has 71 heavy (non-hydrogen) atoms. The van der Waals surface area contributed by atoms with E-state index in [1.165, 1.54) is 9.13 Å². The Labute approximate surface area is 439 Å². The van der Waals surface area contributed by atoms with Crippen molar-refractivity contribution in [1.29, 1.82) is 0 Å². The van der Waals surface area contributed by atoms with Crippen LogP contribution in [0, 0.1) is 25.7 Å². The maximum atomic E-state index is 9.21. The van der Waals surface area contributed by atoms with E-state index in [9.17, 15) is 8.22 Å². The van der Waals surface area contributed by atoms with E-state index >= 15 is 0 Å². The predicted octanol–water partition coefficient (Wildman–Crippen LogP) is 15.9. The van der Waals surface area contributed by atoms with Gasteiger partial charge in [0.2, 0.25) is 0 Å². The minimum Gasteiger partial charge on any atom is -0.509 e. The summed E-state index contributed by atoms with van der Waals surface area (Å²) in [6.45, 7) is -1.64. The number of fused-ring (bicyclic) bond motifs is 10. The van der Waals surface area contributed by atoms with E-state index in [0.29, 0.717) is 99.8 Å². The smallest absolute Gasteiger partial charge is 0.135 e. The van der Waals surface area contributed by atoms with Crippen LogP contribution in [-0.2, 0) is 35.0 Å². The van der Waals surface area contributed by atoms with Gasteiger partial charge in [-0.25, -0.2) is 4.98 Å². The van der Waals surface area contributed by atoms with Crippen LogP contribution in [0.3, 0.4) is 0 Å². The fraction of sp³-hybridized carbons (Fsp3) is 0.0476. The number of pyridine rings is 1. The number of nitrogens with zero attached hydrogens (tertiary/aromatic N) is 6. The molecule has 0 atom stereocenters. The molecule has 1 aliphatic heterocycles. The summed E-state index contributed by atoms with van der Waals surface area (Å²) in [5, 5.41) is 3.56. The Hall–Kier alpha value is -8.38. The summed E-state index contributed by atoms with van der Waals surface area (Å²) in [6, 6.07) is 58.6. The van der Waals surface area contributed by atoms with Crippen molar-refractivity contribution in [3.63, 3.8) is 0 Å². The van der Waals surface area contributed by atoms with Crippen LogP contribution in [0.25, 0.3) is 93.5 Å². The van der Waals surface area contributed by atoms with Gasteiger partial charge in [-0.15, -0.1) is 48.1 Å². The first-order chi connectivity index (χ1) is 38.6. The molecule has 14 rings (SSSR count). The van der Waals surface area contributed by atoms with Crippen molar-refractivity contribution in [1.82, 2.24) is 18.7 Å². The van der Waals surface area contributed by atoms with Gasteiger partial charge in [0.1, 0.15) is 5.82 Å². The zero-order chi connectivity index (χ0) is 55.1. The fourth-order valence-corrected chi connectivity index (χ4v) is 10.5. The molecule has 0 radical (unpaired) electrons. The van der Waals surface area contributed by atoms with Gasteiger partial charge in [0.15, 0.2) is 0 Å². The molecule has 9 aromatic carbocycles. The zero-order valence-corrected chi connectivity index (χ0v) is 40.0. The number of para-hydroxylation sites is 5. The van der Waals surface area contributed by atoms with E-state index in [4.69, 9.17) is 15.2 Å². The zero-order valence-electron chi connectivity index (χ0n) is 47.7. The quantitative estimate of drug-likeness (QED) is 0.149. The molecule has 0 spiro atoms. The first kappa shape index (κ1) is 33.2. The Bertz CT molecular complexity index is 4620. The molecule has 0 amide bonds. The average molecular weight is 1110 g/mol.